The summed E-state index contributed by atoms with van der Waals surface area (Å²) < 4.78 is 5.35. The smallest absolute Gasteiger partial charge is 0.0654 e. The van der Waals surface area contributed by atoms with Crippen molar-refractivity contribution in [2.24, 2.45) is 0 Å². The standard InChI is InChI=1S/C12H22O3/c1-11(3-7-13)5-9-15-10-6-12(2)4-8-14/h5-6,13-14H,3-4,7-10H2,1-2H3. The van der Waals surface area contributed by atoms with Gasteiger partial charge in [0.1, 0.15) is 0 Å². The lowest BCUT2D eigenvalue weighted by molar-refractivity contribution is 0.192. The van der Waals surface area contributed by atoms with Crippen molar-refractivity contribution in [2.75, 3.05) is 26.4 Å². The van der Waals surface area contributed by atoms with Crippen LogP contribution in [0.25, 0.3) is 0 Å². The minimum atomic E-state index is 0.192. The Bertz CT molecular complexity index is 185. The molecule has 2 N–H and O–H groups in total. The number of hydrogen-bond acceptors (Lipinski definition) is 3. The van der Waals surface area contributed by atoms with E-state index in [-0.39, 0.29) is 13.2 Å². The van der Waals surface area contributed by atoms with Crippen molar-refractivity contribution >= 4 is 0 Å². The van der Waals surface area contributed by atoms with Crippen molar-refractivity contribution in [2.45, 2.75) is 26.7 Å². The van der Waals surface area contributed by atoms with Gasteiger partial charge < -0.3 is 14.9 Å². The molecule has 0 fully saturated rings. The van der Waals surface area contributed by atoms with Gasteiger partial charge in [0, 0.05) is 13.2 Å². The Balaban J connectivity index is 3.54. The zero-order chi connectivity index (χ0) is 11.5. The van der Waals surface area contributed by atoms with Gasteiger partial charge in [-0.15, -0.1) is 0 Å². The molecule has 15 heavy (non-hydrogen) atoms. The topological polar surface area (TPSA) is 49.7 Å². The van der Waals surface area contributed by atoms with E-state index >= 15 is 0 Å². The molecule has 0 aromatic rings. The Morgan fingerprint density at radius 2 is 1.33 bits per heavy atom. The van der Waals surface area contributed by atoms with Crippen LogP contribution in [0.1, 0.15) is 26.7 Å². The second-order valence-electron chi connectivity index (χ2n) is 3.59. The second-order valence-corrected chi connectivity index (χ2v) is 3.59. The van der Waals surface area contributed by atoms with Crippen LogP contribution < -0.4 is 0 Å². The van der Waals surface area contributed by atoms with Crippen LogP contribution in [0.2, 0.25) is 0 Å². The molecule has 0 rings (SSSR count). The number of aliphatic hydroxyl groups is 2. The maximum atomic E-state index is 8.66. The predicted octanol–water partition coefficient (Wildman–Crippen LogP) is 1.66. The molecule has 0 aromatic carbocycles. The van der Waals surface area contributed by atoms with Crippen LogP contribution in [0.15, 0.2) is 23.3 Å². The molecular formula is C12H22O3. The Kier molecular flexibility index (Phi) is 9.48. The van der Waals surface area contributed by atoms with Crippen LogP contribution in [0.5, 0.6) is 0 Å². The van der Waals surface area contributed by atoms with E-state index in [0.717, 1.165) is 11.1 Å². The van der Waals surface area contributed by atoms with Gasteiger partial charge in [-0.05, 0) is 26.7 Å². The second kappa shape index (κ2) is 9.90. The van der Waals surface area contributed by atoms with Gasteiger partial charge >= 0.3 is 0 Å². The molecule has 3 nitrogen and oxygen atoms in total. The molecule has 0 saturated heterocycles. The fourth-order valence-corrected chi connectivity index (χ4v) is 1.03. The maximum Gasteiger partial charge on any atom is 0.0654 e. The van der Waals surface area contributed by atoms with Crippen molar-refractivity contribution < 1.29 is 14.9 Å². The molecule has 0 amide bonds. The van der Waals surface area contributed by atoms with Crippen molar-refractivity contribution in [1.82, 2.24) is 0 Å². The Morgan fingerprint density at radius 1 is 0.933 bits per heavy atom. The van der Waals surface area contributed by atoms with Gasteiger partial charge in [0.2, 0.25) is 0 Å². The molecule has 0 aliphatic carbocycles. The fraction of sp³-hybridized carbons (Fsp3) is 0.667. The first-order valence-corrected chi connectivity index (χ1v) is 5.31. The lowest BCUT2D eigenvalue weighted by atomic mass is 10.2. The molecule has 0 heterocycles. The summed E-state index contributed by atoms with van der Waals surface area (Å²) in [5, 5.41) is 17.3. The van der Waals surface area contributed by atoms with Gasteiger partial charge in [0.15, 0.2) is 0 Å². The first-order chi connectivity index (χ1) is 7.20. The number of ether oxygens (including phenoxy) is 1. The Hall–Kier alpha value is -0.640. The lowest BCUT2D eigenvalue weighted by Crippen LogP contribution is -1.95. The molecule has 0 bridgehead atoms. The molecule has 88 valence electrons. The first kappa shape index (κ1) is 14.4. The third kappa shape index (κ3) is 9.66. The summed E-state index contributed by atoms with van der Waals surface area (Å²) >= 11 is 0. The van der Waals surface area contributed by atoms with Crippen molar-refractivity contribution in [3.05, 3.63) is 23.3 Å². The SMILES string of the molecule is CC(=CCOCC=C(C)CCO)CCO. The van der Waals surface area contributed by atoms with E-state index < -0.39 is 0 Å². The van der Waals surface area contributed by atoms with Crippen LogP contribution in [0.4, 0.5) is 0 Å². The summed E-state index contributed by atoms with van der Waals surface area (Å²) in [5.41, 5.74) is 2.29. The van der Waals surface area contributed by atoms with E-state index in [0.29, 0.717) is 26.1 Å². The third-order valence-corrected chi connectivity index (χ3v) is 2.11. The lowest BCUT2D eigenvalue weighted by Gasteiger charge is -2.00. The molecule has 3 heteroatoms. The largest absolute Gasteiger partial charge is 0.396 e. The van der Waals surface area contributed by atoms with Crippen LogP contribution in [0.3, 0.4) is 0 Å². The normalized spacial score (nSPS) is 13.3. The number of aliphatic hydroxyl groups excluding tert-OH is 2. The van der Waals surface area contributed by atoms with Crippen molar-refractivity contribution in [3.63, 3.8) is 0 Å². The average Bonchev–Trinajstić information content (AvgIpc) is 2.18. The molecule has 0 spiro atoms. The van der Waals surface area contributed by atoms with Crippen LogP contribution in [-0.2, 0) is 4.74 Å². The highest BCUT2D eigenvalue weighted by molar-refractivity contribution is 4.99. The van der Waals surface area contributed by atoms with E-state index in [1.165, 1.54) is 0 Å². The van der Waals surface area contributed by atoms with E-state index in [2.05, 4.69) is 0 Å². The number of hydrogen-bond donors (Lipinski definition) is 2. The van der Waals surface area contributed by atoms with Gasteiger partial charge in [-0.1, -0.05) is 23.3 Å². The van der Waals surface area contributed by atoms with Gasteiger partial charge in [0.05, 0.1) is 13.2 Å². The van der Waals surface area contributed by atoms with Gasteiger partial charge in [-0.25, -0.2) is 0 Å². The Morgan fingerprint density at radius 3 is 1.67 bits per heavy atom. The highest BCUT2D eigenvalue weighted by Crippen LogP contribution is 1.99. The van der Waals surface area contributed by atoms with Crippen LogP contribution in [0, 0.1) is 0 Å². The molecule has 0 aliphatic heterocycles. The van der Waals surface area contributed by atoms with Gasteiger partial charge in [0.25, 0.3) is 0 Å². The minimum Gasteiger partial charge on any atom is -0.396 e. The van der Waals surface area contributed by atoms with Crippen LogP contribution in [-0.4, -0.2) is 36.6 Å². The maximum absolute atomic E-state index is 8.66. The van der Waals surface area contributed by atoms with Gasteiger partial charge in [-0.2, -0.15) is 0 Å². The monoisotopic (exact) mass is 214 g/mol. The highest BCUT2D eigenvalue weighted by atomic mass is 16.5. The van der Waals surface area contributed by atoms with Crippen molar-refractivity contribution in [1.29, 1.82) is 0 Å². The zero-order valence-electron chi connectivity index (χ0n) is 9.70. The number of rotatable bonds is 8. The molecule has 0 aromatic heterocycles. The van der Waals surface area contributed by atoms with Crippen LogP contribution >= 0.6 is 0 Å². The molecular weight excluding hydrogens is 192 g/mol. The summed E-state index contributed by atoms with van der Waals surface area (Å²) in [6, 6.07) is 0. The Labute approximate surface area is 92.1 Å². The highest BCUT2D eigenvalue weighted by Gasteiger charge is 1.89. The van der Waals surface area contributed by atoms with E-state index in [4.69, 9.17) is 14.9 Å². The predicted molar refractivity (Wildman–Crippen MR) is 61.7 cm³/mol. The van der Waals surface area contributed by atoms with E-state index in [1.807, 2.05) is 26.0 Å². The van der Waals surface area contributed by atoms with Crippen molar-refractivity contribution in [3.8, 4) is 0 Å². The first-order valence-electron chi connectivity index (χ1n) is 5.31. The zero-order valence-corrected chi connectivity index (χ0v) is 9.70. The average molecular weight is 214 g/mol. The molecule has 0 radical (unpaired) electrons. The summed E-state index contributed by atoms with van der Waals surface area (Å²) in [6.45, 7) is 5.50. The van der Waals surface area contributed by atoms with Gasteiger partial charge in [-0.3, -0.25) is 0 Å². The van der Waals surface area contributed by atoms with E-state index in [1.54, 1.807) is 0 Å². The molecule has 0 saturated carbocycles. The minimum absolute atomic E-state index is 0.192. The molecule has 0 atom stereocenters. The third-order valence-electron chi connectivity index (χ3n) is 2.11. The fourth-order valence-electron chi connectivity index (χ4n) is 1.03. The summed E-state index contributed by atoms with van der Waals surface area (Å²) in [5.74, 6) is 0. The molecule has 0 unspecified atom stereocenters. The summed E-state index contributed by atoms with van der Waals surface area (Å²) in [6.07, 6.45) is 5.38. The summed E-state index contributed by atoms with van der Waals surface area (Å²) in [4.78, 5) is 0. The quantitative estimate of drug-likeness (QED) is 0.477. The molecule has 0 aliphatic rings. The summed E-state index contributed by atoms with van der Waals surface area (Å²) in [7, 11) is 0. The van der Waals surface area contributed by atoms with E-state index in [9.17, 15) is 0 Å².